The first kappa shape index (κ1) is 23.4. The Morgan fingerprint density at radius 3 is 2.61 bits per heavy atom. The third-order valence-electron chi connectivity index (χ3n) is 5.92. The van der Waals surface area contributed by atoms with Crippen LogP contribution < -0.4 is 15.8 Å². The summed E-state index contributed by atoms with van der Waals surface area (Å²) in [6.45, 7) is 3.83. The van der Waals surface area contributed by atoms with Gasteiger partial charge in [0.2, 0.25) is 0 Å². The summed E-state index contributed by atoms with van der Waals surface area (Å²) in [4.78, 5) is 15.1. The highest BCUT2D eigenvalue weighted by atomic mass is 35.5. The van der Waals surface area contributed by atoms with Crippen molar-refractivity contribution in [2.45, 2.75) is 32.1 Å². The number of rotatable bonds is 9. The number of unbranched alkanes of at least 4 members (excludes halogenated alkanes) is 1. The predicted octanol–water partition coefficient (Wildman–Crippen LogP) is 4.53. The molecule has 1 amide bonds. The number of hydrogen-bond acceptors (Lipinski definition) is 4. The number of nitrogens with two attached hydrogens (primary N) is 1. The molecule has 0 radical (unpaired) electrons. The Morgan fingerprint density at radius 1 is 1.23 bits per heavy atom. The number of likely N-dealkylation sites (tertiary alicyclic amines) is 1. The lowest BCUT2D eigenvalue weighted by Crippen LogP contribution is -2.39. The Hall–Kier alpha value is -2.31. The van der Waals surface area contributed by atoms with Gasteiger partial charge < -0.3 is 20.7 Å². The van der Waals surface area contributed by atoms with Gasteiger partial charge >= 0.3 is 0 Å². The maximum atomic E-state index is 13.0. The highest BCUT2D eigenvalue weighted by molar-refractivity contribution is 6.33. The molecule has 1 aliphatic rings. The number of hydrogen-bond donors (Lipinski definition) is 2. The number of ether oxygens (including phenoxy) is 1. The van der Waals surface area contributed by atoms with E-state index in [2.05, 4.69) is 10.2 Å². The van der Waals surface area contributed by atoms with Gasteiger partial charge in [0.05, 0.1) is 23.4 Å². The fraction of sp³-hybridized carbons (Fsp3) is 0.458. The number of methoxy groups -OCH3 is 1. The van der Waals surface area contributed by atoms with Gasteiger partial charge in [-0.05, 0) is 81.4 Å². The molecule has 0 aromatic heterocycles. The van der Waals surface area contributed by atoms with Crippen LogP contribution in [0.2, 0.25) is 5.02 Å². The second-order valence-electron chi connectivity index (χ2n) is 8.15. The van der Waals surface area contributed by atoms with Gasteiger partial charge in [0.25, 0.3) is 5.91 Å². The van der Waals surface area contributed by atoms with Crippen LogP contribution >= 0.6 is 11.6 Å². The Labute approximate surface area is 188 Å². The molecule has 0 spiro atoms. The fourth-order valence-electron chi connectivity index (χ4n) is 3.98. The highest BCUT2D eigenvalue weighted by Crippen LogP contribution is 2.29. The van der Waals surface area contributed by atoms with Crippen molar-refractivity contribution in [1.82, 2.24) is 10.2 Å². The molecule has 1 fully saturated rings. The van der Waals surface area contributed by atoms with Gasteiger partial charge in [0.15, 0.2) is 0 Å². The van der Waals surface area contributed by atoms with Crippen LogP contribution in [0.1, 0.15) is 41.6 Å². The summed E-state index contributed by atoms with van der Waals surface area (Å²) in [5.41, 5.74) is 7.77. The lowest BCUT2D eigenvalue weighted by molar-refractivity contribution is 0.0933. The fourth-order valence-corrected chi connectivity index (χ4v) is 4.14. The molecule has 1 heterocycles. The largest absolute Gasteiger partial charge is 0.496 e. The second kappa shape index (κ2) is 11.3. The number of anilines is 1. The Kier molecular flexibility index (Phi) is 8.55. The maximum absolute atomic E-state index is 13.0. The van der Waals surface area contributed by atoms with Gasteiger partial charge in [-0.2, -0.15) is 0 Å². The lowest BCUT2D eigenvalue weighted by Gasteiger charge is -2.32. The molecule has 0 saturated carbocycles. The van der Waals surface area contributed by atoms with Gasteiger partial charge in [-0.3, -0.25) is 4.79 Å². The van der Waals surface area contributed by atoms with E-state index in [1.54, 1.807) is 12.1 Å². The molecular formula is C24H31ClFN3O2. The van der Waals surface area contributed by atoms with Crippen molar-refractivity contribution in [3.63, 3.8) is 0 Å². The minimum atomic E-state index is -0.193. The average Bonchev–Trinajstić information content (AvgIpc) is 2.78. The van der Waals surface area contributed by atoms with E-state index in [4.69, 9.17) is 22.1 Å². The van der Waals surface area contributed by atoms with E-state index in [1.807, 2.05) is 12.1 Å². The molecular weight excluding hydrogens is 417 g/mol. The van der Waals surface area contributed by atoms with Crippen LogP contribution in [-0.4, -0.2) is 44.1 Å². The molecule has 3 N–H and O–H groups in total. The minimum Gasteiger partial charge on any atom is -0.496 e. The summed E-state index contributed by atoms with van der Waals surface area (Å²) in [5, 5.41) is 3.36. The van der Waals surface area contributed by atoms with Gasteiger partial charge in [0.1, 0.15) is 11.6 Å². The molecule has 5 nitrogen and oxygen atoms in total. The van der Waals surface area contributed by atoms with Crippen LogP contribution in [0.25, 0.3) is 0 Å². The highest BCUT2D eigenvalue weighted by Gasteiger charge is 2.21. The van der Waals surface area contributed by atoms with Crippen LogP contribution in [-0.2, 0) is 6.42 Å². The summed E-state index contributed by atoms with van der Waals surface area (Å²) in [6, 6.07) is 9.91. The number of nitrogens with one attached hydrogen (secondary N) is 1. The maximum Gasteiger partial charge on any atom is 0.255 e. The third kappa shape index (κ3) is 6.84. The number of benzene rings is 2. The molecule has 31 heavy (non-hydrogen) atoms. The van der Waals surface area contributed by atoms with E-state index in [0.29, 0.717) is 34.5 Å². The number of halogens is 2. The van der Waals surface area contributed by atoms with Crippen LogP contribution in [0.15, 0.2) is 36.4 Å². The molecule has 0 atom stereocenters. The summed E-state index contributed by atoms with van der Waals surface area (Å²) in [7, 11) is 1.51. The molecule has 2 aromatic carbocycles. The SMILES string of the molecule is COc1cc(N)c(Cl)cc1C(=O)NCC1CCN(CCCCc2ccc(F)cc2)CC1. The van der Waals surface area contributed by atoms with Crippen molar-refractivity contribution in [3.05, 3.63) is 58.4 Å². The summed E-state index contributed by atoms with van der Waals surface area (Å²) in [6.07, 6.45) is 5.36. The second-order valence-corrected chi connectivity index (χ2v) is 8.56. The first-order valence-corrected chi connectivity index (χ1v) is 11.2. The number of nitrogen functional groups attached to an aromatic ring is 1. The van der Waals surface area contributed by atoms with Crippen LogP contribution in [0, 0.1) is 11.7 Å². The Morgan fingerprint density at radius 2 is 1.94 bits per heavy atom. The molecule has 0 unspecified atom stereocenters. The molecule has 1 saturated heterocycles. The number of carbonyl (C=O) groups is 1. The Balaban J connectivity index is 1.35. The predicted molar refractivity (Wildman–Crippen MR) is 123 cm³/mol. The quantitative estimate of drug-likeness (QED) is 0.437. The van der Waals surface area contributed by atoms with Crippen LogP contribution in [0.4, 0.5) is 10.1 Å². The number of aryl methyl sites for hydroxylation is 1. The zero-order valence-electron chi connectivity index (χ0n) is 18.0. The monoisotopic (exact) mass is 447 g/mol. The van der Waals surface area contributed by atoms with Crippen molar-refractivity contribution >= 4 is 23.2 Å². The van der Waals surface area contributed by atoms with Crippen molar-refractivity contribution < 1.29 is 13.9 Å². The summed E-state index contributed by atoms with van der Waals surface area (Å²) < 4.78 is 18.2. The molecule has 168 valence electrons. The molecule has 1 aliphatic heterocycles. The number of amides is 1. The van der Waals surface area contributed by atoms with E-state index in [9.17, 15) is 9.18 Å². The first-order chi connectivity index (χ1) is 15.0. The van der Waals surface area contributed by atoms with E-state index < -0.39 is 0 Å². The van der Waals surface area contributed by atoms with Gasteiger partial charge in [-0.25, -0.2) is 4.39 Å². The Bertz CT molecular complexity index is 868. The van der Waals surface area contributed by atoms with E-state index >= 15 is 0 Å². The molecule has 0 bridgehead atoms. The normalized spacial score (nSPS) is 15.1. The zero-order valence-corrected chi connectivity index (χ0v) is 18.8. The van der Waals surface area contributed by atoms with Crippen molar-refractivity contribution in [2.24, 2.45) is 5.92 Å². The lowest BCUT2D eigenvalue weighted by atomic mass is 9.96. The number of piperidine rings is 1. The number of nitrogens with zero attached hydrogens (tertiary/aromatic N) is 1. The summed E-state index contributed by atoms with van der Waals surface area (Å²) in [5.74, 6) is 0.519. The van der Waals surface area contributed by atoms with E-state index in [1.165, 1.54) is 24.8 Å². The van der Waals surface area contributed by atoms with Gasteiger partial charge in [0, 0.05) is 12.6 Å². The van der Waals surface area contributed by atoms with E-state index in [0.717, 1.165) is 51.7 Å². The van der Waals surface area contributed by atoms with Gasteiger partial charge in [-0.15, -0.1) is 0 Å². The molecule has 7 heteroatoms. The average molecular weight is 448 g/mol. The summed E-state index contributed by atoms with van der Waals surface area (Å²) >= 11 is 6.06. The first-order valence-electron chi connectivity index (χ1n) is 10.8. The molecule has 3 rings (SSSR count). The third-order valence-corrected chi connectivity index (χ3v) is 6.25. The van der Waals surface area contributed by atoms with Crippen LogP contribution in [0.5, 0.6) is 5.75 Å². The number of carbonyl (C=O) groups excluding carboxylic acids is 1. The van der Waals surface area contributed by atoms with Crippen molar-refractivity contribution in [3.8, 4) is 5.75 Å². The topological polar surface area (TPSA) is 67.6 Å². The molecule has 2 aromatic rings. The van der Waals surface area contributed by atoms with Crippen molar-refractivity contribution in [2.75, 3.05) is 39.0 Å². The minimum absolute atomic E-state index is 0.181. The van der Waals surface area contributed by atoms with Crippen molar-refractivity contribution in [1.29, 1.82) is 0 Å². The molecule has 0 aliphatic carbocycles. The van der Waals surface area contributed by atoms with Crippen LogP contribution in [0.3, 0.4) is 0 Å². The van der Waals surface area contributed by atoms with E-state index in [-0.39, 0.29) is 11.7 Å². The zero-order chi connectivity index (χ0) is 22.2. The standard InChI is InChI=1S/C24H31ClFN3O2/c1-31-23-15-22(27)21(25)14-20(23)24(30)28-16-18-9-12-29(13-10-18)11-3-2-4-17-5-7-19(26)8-6-17/h5-8,14-15,18H,2-4,9-13,16,27H2,1H3,(H,28,30). The smallest absolute Gasteiger partial charge is 0.255 e. The van der Waals surface area contributed by atoms with Gasteiger partial charge in [-0.1, -0.05) is 23.7 Å².